The molecule has 3 rings (SSSR count). The molecule has 0 aromatic carbocycles. The number of nitrogens with one attached hydrogen (secondary N) is 1. The molecule has 3 nitrogen and oxygen atoms in total. The number of H-pyrrole nitrogens is 1. The third-order valence-corrected chi connectivity index (χ3v) is 4.32. The number of imidazole rings is 1. The fourth-order valence-electron chi connectivity index (χ4n) is 2.44. The van der Waals surface area contributed by atoms with Crippen LogP contribution in [-0.2, 0) is 12.8 Å². The molecule has 0 saturated heterocycles. The molecular weight excluding hydrogens is 220 g/mol. The summed E-state index contributed by atoms with van der Waals surface area (Å²) in [6, 6.07) is 2.06. The topological polar surface area (TPSA) is 48.9 Å². The van der Waals surface area contributed by atoms with E-state index >= 15 is 0 Å². The van der Waals surface area contributed by atoms with Crippen LogP contribution in [0, 0.1) is 5.92 Å². The molecule has 84 valence electrons. The summed E-state index contributed by atoms with van der Waals surface area (Å²) in [7, 11) is 0. The summed E-state index contributed by atoms with van der Waals surface area (Å²) in [5.41, 5.74) is 2.25. The number of aromatic nitrogens is 2. The van der Waals surface area contributed by atoms with Gasteiger partial charge in [-0.25, -0.2) is 4.98 Å². The lowest BCUT2D eigenvalue weighted by atomic mass is 9.83. The van der Waals surface area contributed by atoms with Crippen molar-refractivity contribution < 1.29 is 5.11 Å². The van der Waals surface area contributed by atoms with Gasteiger partial charge in [-0.15, -0.1) is 11.3 Å². The SMILES string of the molecule is OC1c2ccsc2CCC1Cc1cnc[nH]1. The molecule has 2 unspecified atom stereocenters. The number of aryl methyl sites for hydroxylation is 1. The van der Waals surface area contributed by atoms with Crippen molar-refractivity contribution in [2.24, 2.45) is 5.92 Å². The standard InChI is InChI=1S/C12H14N2OS/c15-12-8(5-9-6-13-7-14-9)1-2-11-10(12)3-4-16-11/h3-4,6-8,12,15H,1-2,5H2,(H,13,14). The van der Waals surface area contributed by atoms with Crippen molar-refractivity contribution in [3.63, 3.8) is 0 Å². The Kier molecular flexibility index (Phi) is 2.53. The maximum Gasteiger partial charge on any atom is 0.0921 e. The molecule has 0 fully saturated rings. The molecule has 2 heterocycles. The van der Waals surface area contributed by atoms with Crippen LogP contribution in [-0.4, -0.2) is 15.1 Å². The molecule has 0 saturated carbocycles. The van der Waals surface area contributed by atoms with Gasteiger partial charge in [0.1, 0.15) is 0 Å². The molecule has 0 radical (unpaired) electrons. The van der Waals surface area contributed by atoms with Crippen LogP contribution in [0.2, 0.25) is 0 Å². The first kappa shape index (κ1) is 10.1. The third kappa shape index (κ3) is 1.68. The van der Waals surface area contributed by atoms with Gasteiger partial charge in [-0.3, -0.25) is 0 Å². The summed E-state index contributed by atoms with van der Waals surface area (Å²) in [4.78, 5) is 8.47. The number of aliphatic hydroxyl groups is 1. The van der Waals surface area contributed by atoms with Crippen molar-refractivity contribution in [1.29, 1.82) is 0 Å². The number of nitrogens with zero attached hydrogens (tertiary/aromatic N) is 1. The number of thiophene rings is 1. The summed E-state index contributed by atoms with van der Waals surface area (Å²) in [5.74, 6) is 0.322. The Hall–Kier alpha value is -1.13. The number of aliphatic hydroxyl groups excluding tert-OH is 1. The van der Waals surface area contributed by atoms with Crippen molar-refractivity contribution in [1.82, 2.24) is 9.97 Å². The smallest absolute Gasteiger partial charge is 0.0921 e. The Bertz CT molecular complexity index is 463. The van der Waals surface area contributed by atoms with Crippen molar-refractivity contribution in [2.75, 3.05) is 0 Å². The van der Waals surface area contributed by atoms with Gasteiger partial charge in [0.05, 0.1) is 12.4 Å². The average Bonchev–Trinajstić information content (AvgIpc) is 2.93. The number of aromatic amines is 1. The van der Waals surface area contributed by atoms with E-state index in [0.717, 1.165) is 30.5 Å². The van der Waals surface area contributed by atoms with Crippen LogP contribution in [0.1, 0.15) is 28.7 Å². The minimum absolute atomic E-state index is 0.307. The number of fused-ring (bicyclic) bond motifs is 1. The summed E-state index contributed by atoms with van der Waals surface area (Å²) < 4.78 is 0. The second-order valence-corrected chi connectivity index (χ2v) is 5.32. The Morgan fingerprint density at radius 3 is 3.31 bits per heavy atom. The molecule has 0 spiro atoms. The lowest BCUT2D eigenvalue weighted by Gasteiger charge is -2.27. The third-order valence-electron chi connectivity index (χ3n) is 3.32. The van der Waals surface area contributed by atoms with E-state index in [0.29, 0.717) is 5.92 Å². The van der Waals surface area contributed by atoms with Crippen molar-refractivity contribution in [3.8, 4) is 0 Å². The highest BCUT2D eigenvalue weighted by atomic mass is 32.1. The van der Waals surface area contributed by atoms with Gasteiger partial charge in [-0.05, 0) is 42.2 Å². The maximum atomic E-state index is 10.3. The molecule has 2 N–H and O–H groups in total. The molecule has 1 aliphatic rings. The summed E-state index contributed by atoms with van der Waals surface area (Å²) in [6.07, 6.45) is 6.28. The van der Waals surface area contributed by atoms with Crippen LogP contribution in [0.4, 0.5) is 0 Å². The van der Waals surface area contributed by atoms with Gasteiger partial charge in [-0.2, -0.15) is 0 Å². The van der Waals surface area contributed by atoms with Gasteiger partial charge < -0.3 is 10.1 Å². The van der Waals surface area contributed by atoms with Crippen LogP contribution in [0.15, 0.2) is 24.0 Å². The first-order chi connectivity index (χ1) is 7.84. The first-order valence-electron chi connectivity index (χ1n) is 5.56. The monoisotopic (exact) mass is 234 g/mol. The number of hydrogen-bond donors (Lipinski definition) is 2. The molecule has 16 heavy (non-hydrogen) atoms. The van der Waals surface area contributed by atoms with E-state index in [1.807, 2.05) is 6.20 Å². The highest BCUT2D eigenvalue weighted by molar-refractivity contribution is 7.10. The van der Waals surface area contributed by atoms with Gasteiger partial charge in [-0.1, -0.05) is 0 Å². The normalized spacial score (nSPS) is 24.3. The van der Waals surface area contributed by atoms with Crippen LogP contribution in [0.25, 0.3) is 0 Å². The van der Waals surface area contributed by atoms with E-state index in [1.165, 1.54) is 4.88 Å². The Morgan fingerprint density at radius 1 is 1.56 bits per heavy atom. The largest absolute Gasteiger partial charge is 0.388 e. The zero-order valence-corrected chi connectivity index (χ0v) is 9.70. The Balaban J connectivity index is 1.79. The van der Waals surface area contributed by atoms with E-state index in [1.54, 1.807) is 17.7 Å². The second-order valence-electron chi connectivity index (χ2n) is 4.32. The van der Waals surface area contributed by atoms with E-state index in [-0.39, 0.29) is 6.10 Å². The zero-order chi connectivity index (χ0) is 11.0. The lowest BCUT2D eigenvalue weighted by Crippen LogP contribution is -2.21. The summed E-state index contributed by atoms with van der Waals surface area (Å²) in [5, 5.41) is 12.4. The van der Waals surface area contributed by atoms with E-state index in [9.17, 15) is 5.11 Å². The molecule has 0 bridgehead atoms. The van der Waals surface area contributed by atoms with Gasteiger partial charge >= 0.3 is 0 Å². The van der Waals surface area contributed by atoms with Crippen molar-refractivity contribution in [3.05, 3.63) is 40.1 Å². The molecule has 4 heteroatoms. The van der Waals surface area contributed by atoms with Gasteiger partial charge in [0.15, 0.2) is 0 Å². The molecule has 1 aliphatic carbocycles. The highest BCUT2D eigenvalue weighted by Gasteiger charge is 2.28. The highest BCUT2D eigenvalue weighted by Crippen LogP contribution is 2.38. The quantitative estimate of drug-likeness (QED) is 0.837. The zero-order valence-electron chi connectivity index (χ0n) is 8.89. The van der Waals surface area contributed by atoms with E-state index in [4.69, 9.17) is 0 Å². The van der Waals surface area contributed by atoms with Crippen LogP contribution in [0.5, 0.6) is 0 Å². The van der Waals surface area contributed by atoms with Crippen LogP contribution >= 0.6 is 11.3 Å². The first-order valence-corrected chi connectivity index (χ1v) is 6.44. The van der Waals surface area contributed by atoms with E-state index in [2.05, 4.69) is 21.4 Å². The Morgan fingerprint density at radius 2 is 2.50 bits per heavy atom. The predicted molar refractivity (Wildman–Crippen MR) is 63.4 cm³/mol. The van der Waals surface area contributed by atoms with Gasteiger partial charge in [0.2, 0.25) is 0 Å². The number of hydrogen-bond acceptors (Lipinski definition) is 3. The van der Waals surface area contributed by atoms with Crippen LogP contribution in [0.3, 0.4) is 0 Å². The van der Waals surface area contributed by atoms with Gasteiger partial charge in [0.25, 0.3) is 0 Å². The fraction of sp³-hybridized carbons (Fsp3) is 0.417. The van der Waals surface area contributed by atoms with Gasteiger partial charge in [0, 0.05) is 16.8 Å². The molecule has 2 atom stereocenters. The van der Waals surface area contributed by atoms with Crippen molar-refractivity contribution in [2.45, 2.75) is 25.4 Å². The number of rotatable bonds is 2. The lowest BCUT2D eigenvalue weighted by molar-refractivity contribution is 0.0942. The molecule has 0 amide bonds. The maximum absolute atomic E-state index is 10.3. The van der Waals surface area contributed by atoms with Crippen molar-refractivity contribution >= 4 is 11.3 Å². The van der Waals surface area contributed by atoms with Crippen LogP contribution < -0.4 is 0 Å². The predicted octanol–water partition coefficient (Wildman–Crippen LogP) is 2.31. The fourth-order valence-corrected chi connectivity index (χ4v) is 3.38. The second kappa shape index (κ2) is 4.03. The van der Waals surface area contributed by atoms with E-state index < -0.39 is 0 Å². The molecular formula is C12H14N2OS. The molecule has 2 aromatic heterocycles. The average molecular weight is 234 g/mol. The Labute approximate surface area is 98.2 Å². The minimum Gasteiger partial charge on any atom is -0.388 e. The molecule has 2 aromatic rings. The summed E-state index contributed by atoms with van der Waals surface area (Å²) in [6.45, 7) is 0. The minimum atomic E-state index is -0.307. The molecule has 0 aliphatic heterocycles. The summed E-state index contributed by atoms with van der Waals surface area (Å²) >= 11 is 1.76.